The first-order valence-electron chi connectivity index (χ1n) is 10.7. The van der Waals surface area contributed by atoms with Crippen molar-refractivity contribution >= 4 is 5.78 Å². The average molecular weight is 465 g/mol. The van der Waals surface area contributed by atoms with E-state index in [1.165, 1.54) is 0 Å². The largest absolute Gasteiger partial charge is 0.488 e. The molecule has 0 atom stereocenters. The van der Waals surface area contributed by atoms with Gasteiger partial charge in [-0.25, -0.2) is 15.0 Å². The van der Waals surface area contributed by atoms with Gasteiger partial charge < -0.3 is 14.6 Å². The molecule has 3 aromatic heterocycles. The highest BCUT2D eigenvalue weighted by atomic mass is 16.5. The summed E-state index contributed by atoms with van der Waals surface area (Å²) in [4.78, 5) is 13.0. The summed E-state index contributed by atoms with van der Waals surface area (Å²) in [6.07, 6.45) is 7.00. The van der Waals surface area contributed by atoms with E-state index in [0.29, 0.717) is 46.7 Å². The fraction of sp³-hybridized carbons (Fsp3) is 0.120. The fourth-order valence-corrected chi connectivity index (χ4v) is 3.46. The summed E-state index contributed by atoms with van der Waals surface area (Å²) >= 11 is 0. The Bertz CT molecular complexity index is 1510. The third-order valence-electron chi connectivity index (χ3n) is 5.05. The summed E-state index contributed by atoms with van der Waals surface area (Å²) in [7, 11) is 0. The van der Waals surface area contributed by atoms with Crippen LogP contribution in [0.3, 0.4) is 0 Å². The molecule has 172 valence electrons. The molecule has 5 aromatic rings. The zero-order valence-corrected chi connectivity index (χ0v) is 18.4. The lowest BCUT2D eigenvalue weighted by molar-refractivity contribution is 0.200. The first kappa shape index (κ1) is 21.9. The topological polar surface area (TPSA) is 131 Å². The van der Waals surface area contributed by atoms with Gasteiger partial charge in [-0.3, -0.25) is 4.40 Å². The second kappa shape index (κ2) is 9.94. The third-order valence-corrected chi connectivity index (χ3v) is 5.05. The minimum absolute atomic E-state index is 0.0708. The summed E-state index contributed by atoms with van der Waals surface area (Å²) in [5.41, 5.74) is 2.36. The number of ether oxygens (including phenoxy) is 2. The van der Waals surface area contributed by atoms with Gasteiger partial charge in [0.05, 0.1) is 43.0 Å². The van der Waals surface area contributed by atoms with Gasteiger partial charge in [-0.2, -0.15) is 5.26 Å². The van der Waals surface area contributed by atoms with Crippen molar-refractivity contribution in [1.29, 1.82) is 5.26 Å². The molecule has 10 heteroatoms. The van der Waals surface area contributed by atoms with E-state index >= 15 is 0 Å². The fourth-order valence-electron chi connectivity index (χ4n) is 3.46. The van der Waals surface area contributed by atoms with Crippen molar-refractivity contribution in [2.75, 3.05) is 13.2 Å². The second-order valence-electron chi connectivity index (χ2n) is 7.51. The summed E-state index contributed by atoms with van der Waals surface area (Å²) in [5, 5.41) is 26.4. The van der Waals surface area contributed by atoms with Gasteiger partial charge in [-0.15, -0.1) is 10.2 Å². The van der Waals surface area contributed by atoms with Crippen LogP contribution in [-0.2, 0) is 6.42 Å². The Morgan fingerprint density at radius 2 is 1.74 bits per heavy atom. The van der Waals surface area contributed by atoms with Gasteiger partial charge in [0.1, 0.15) is 18.2 Å². The van der Waals surface area contributed by atoms with Crippen molar-refractivity contribution < 1.29 is 14.6 Å². The smallest absolute Gasteiger partial charge is 0.255 e. The molecule has 0 spiro atoms. The molecule has 0 saturated heterocycles. The SMILES string of the molecule is N#Cc1cccc(Oc2cnc3nnc(Cc4cccc(-c5ncc(OCCO)cn5)c4)n3c2)c1. The molecule has 0 radical (unpaired) electrons. The molecule has 35 heavy (non-hydrogen) atoms. The molecule has 0 aliphatic rings. The summed E-state index contributed by atoms with van der Waals surface area (Å²) in [6.45, 7) is 0.122. The van der Waals surface area contributed by atoms with E-state index in [-0.39, 0.29) is 13.2 Å². The van der Waals surface area contributed by atoms with Gasteiger partial charge >= 0.3 is 0 Å². The van der Waals surface area contributed by atoms with Gasteiger partial charge in [0.15, 0.2) is 17.3 Å². The van der Waals surface area contributed by atoms with Crippen molar-refractivity contribution in [2.45, 2.75) is 6.42 Å². The molecule has 0 bridgehead atoms. The van der Waals surface area contributed by atoms with Crippen molar-refractivity contribution in [3.8, 4) is 34.7 Å². The Kier molecular flexibility index (Phi) is 6.23. The number of aliphatic hydroxyl groups excluding tert-OH is 1. The second-order valence-corrected chi connectivity index (χ2v) is 7.51. The van der Waals surface area contributed by atoms with Crippen molar-refractivity contribution in [3.63, 3.8) is 0 Å². The number of aliphatic hydroxyl groups is 1. The van der Waals surface area contributed by atoms with E-state index in [9.17, 15) is 0 Å². The van der Waals surface area contributed by atoms with Crippen LogP contribution in [-0.4, -0.2) is 47.9 Å². The van der Waals surface area contributed by atoms with Gasteiger partial charge in [0.2, 0.25) is 0 Å². The Labute approximate surface area is 200 Å². The van der Waals surface area contributed by atoms with E-state index in [1.54, 1.807) is 53.5 Å². The van der Waals surface area contributed by atoms with Crippen LogP contribution < -0.4 is 9.47 Å². The maximum Gasteiger partial charge on any atom is 0.255 e. The molecule has 0 aliphatic carbocycles. The number of fused-ring (bicyclic) bond motifs is 1. The van der Waals surface area contributed by atoms with Gasteiger partial charge in [-0.1, -0.05) is 24.3 Å². The van der Waals surface area contributed by atoms with Crippen molar-refractivity contribution in [1.82, 2.24) is 29.5 Å². The van der Waals surface area contributed by atoms with Crippen molar-refractivity contribution in [3.05, 3.63) is 90.3 Å². The van der Waals surface area contributed by atoms with Gasteiger partial charge in [0.25, 0.3) is 5.78 Å². The molecule has 1 N–H and O–H groups in total. The van der Waals surface area contributed by atoms with Gasteiger partial charge in [0, 0.05) is 12.0 Å². The average Bonchev–Trinajstić information content (AvgIpc) is 3.30. The standard InChI is InChI=1S/C25H19N7O3/c26-12-18-4-2-6-20(10-18)35-22-15-29-25-31-30-23(32(25)16-22)11-17-3-1-5-19(9-17)24-27-13-21(14-28-24)34-8-7-33/h1-6,9-10,13-16,33H,7-8,11H2. The lowest BCUT2D eigenvalue weighted by Gasteiger charge is -2.07. The highest BCUT2D eigenvalue weighted by Crippen LogP contribution is 2.23. The minimum Gasteiger partial charge on any atom is -0.488 e. The van der Waals surface area contributed by atoms with E-state index in [1.807, 2.05) is 24.3 Å². The van der Waals surface area contributed by atoms with Crippen LogP contribution in [0.2, 0.25) is 0 Å². The number of nitrogens with zero attached hydrogens (tertiary/aromatic N) is 7. The predicted molar refractivity (Wildman–Crippen MR) is 125 cm³/mol. The number of benzene rings is 2. The first-order chi connectivity index (χ1) is 17.2. The summed E-state index contributed by atoms with van der Waals surface area (Å²) in [5.74, 6) is 3.25. The van der Waals surface area contributed by atoms with E-state index < -0.39 is 0 Å². The predicted octanol–water partition coefficient (Wildman–Crippen LogP) is 3.21. The molecule has 2 aromatic carbocycles. The molecule has 0 amide bonds. The maximum atomic E-state index is 9.09. The Hall–Kier alpha value is -4.88. The zero-order valence-electron chi connectivity index (χ0n) is 18.4. The van der Waals surface area contributed by atoms with Crippen LogP contribution >= 0.6 is 0 Å². The number of rotatable bonds is 8. The monoisotopic (exact) mass is 465 g/mol. The van der Waals surface area contributed by atoms with Crippen LogP contribution in [0.25, 0.3) is 17.2 Å². The van der Waals surface area contributed by atoms with Crippen LogP contribution in [0, 0.1) is 11.3 Å². The molecule has 0 unspecified atom stereocenters. The Morgan fingerprint density at radius 3 is 2.57 bits per heavy atom. The number of hydrogen-bond donors (Lipinski definition) is 1. The van der Waals surface area contributed by atoms with E-state index in [2.05, 4.69) is 31.2 Å². The molecular weight excluding hydrogens is 446 g/mol. The molecule has 3 heterocycles. The van der Waals surface area contributed by atoms with Crippen LogP contribution in [0.1, 0.15) is 17.0 Å². The number of nitriles is 1. The molecule has 5 rings (SSSR count). The van der Waals surface area contributed by atoms with E-state index in [4.69, 9.17) is 19.8 Å². The quantitative estimate of drug-likeness (QED) is 0.367. The lowest BCUT2D eigenvalue weighted by Crippen LogP contribution is -2.02. The summed E-state index contributed by atoms with van der Waals surface area (Å²) < 4.78 is 13.0. The minimum atomic E-state index is -0.0708. The van der Waals surface area contributed by atoms with Crippen molar-refractivity contribution in [2.24, 2.45) is 0 Å². The van der Waals surface area contributed by atoms with E-state index in [0.717, 1.165) is 11.1 Å². The van der Waals surface area contributed by atoms with Crippen LogP contribution in [0.5, 0.6) is 17.2 Å². The third kappa shape index (κ3) is 5.05. The molecule has 0 saturated carbocycles. The van der Waals surface area contributed by atoms with Crippen LogP contribution in [0.15, 0.2) is 73.3 Å². The normalized spacial score (nSPS) is 10.7. The zero-order chi connectivity index (χ0) is 24.0. The molecule has 0 aliphatic heterocycles. The lowest BCUT2D eigenvalue weighted by atomic mass is 10.1. The van der Waals surface area contributed by atoms with Gasteiger partial charge in [-0.05, 0) is 29.8 Å². The molecule has 10 nitrogen and oxygen atoms in total. The number of aromatic nitrogens is 6. The Balaban J connectivity index is 1.37. The molecular formula is C25H19N7O3. The highest BCUT2D eigenvalue weighted by Gasteiger charge is 2.11. The molecule has 0 fully saturated rings. The summed E-state index contributed by atoms with van der Waals surface area (Å²) in [6, 6.07) is 16.9. The van der Waals surface area contributed by atoms with Crippen LogP contribution in [0.4, 0.5) is 0 Å². The first-order valence-corrected chi connectivity index (χ1v) is 10.7. The highest BCUT2D eigenvalue weighted by molar-refractivity contribution is 5.56. The Morgan fingerprint density at radius 1 is 0.914 bits per heavy atom. The number of hydrogen-bond acceptors (Lipinski definition) is 9. The maximum absolute atomic E-state index is 9.09.